The van der Waals surface area contributed by atoms with Gasteiger partial charge < -0.3 is 10.6 Å². The summed E-state index contributed by atoms with van der Waals surface area (Å²) in [6.07, 6.45) is 10.3. The highest BCUT2D eigenvalue weighted by Crippen LogP contribution is 2.07. The summed E-state index contributed by atoms with van der Waals surface area (Å²) in [5.74, 6) is 0. The second-order valence-electron chi connectivity index (χ2n) is 8.21. The minimum Gasteiger partial charge on any atom is -0.314 e. The molecule has 2 heteroatoms. The first kappa shape index (κ1) is 22.6. The van der Waals surface area contributed by atoms with Crippen molar-refractivity contribution in [1.82, 2.24) is 10.6 Å². The van der Waals surface area contributed by atoms with E-state index in [0.29, 0.717) is 12.1 Å². The molecule has 2 aromatic carbocycles. The van der Waals surface area contributed by atoms with Crippen LogP contribution >= 0.6 is 0 Å². The average molecular weight is 381 g/mol. The highest BCUT2D eigenvalue weighted by molar-refractivity contribution is 5.16. The Morgan fingerprint density at radius 2 is 0.893 bits per heavy atom. The first-order chi connectivity index (χ1) is 13.7. The molecule has 28 heavy (non-hydrogen) atoms. The largest absolute Gasteiger partial charge is 0.314 e. The molecule has 2 atom stereocenters. The van der Waals surface area contributed by atoms with E-state index in [2.05, 4.69) is 85.1 Å². The van der Waals surface area contributed by atoms with Gasteiger partial charge in [0.25, 0.3) is 0 Å². The van der Waals surface area contributed by atoms with E-state index in [0.717, 1.165) is 25.9 Å². The Bertz CT molecular complexity index is 541. The topological polar surface area (TPSA) is 24.1 Å². The van der Waals surface area contributed by atoms with Crippen molar-refractivity contribution in [2.24, 2.45) is 0 Å². The lowest BCUT2D eigenvalue weighted by molar-refractivity contribution is 0.495. The second-order valence-corrected chi connectivity index (χ2v) is 8.21. The molecule has 0 fully saturated rings. The molecule has 2 rings (SSSR count). The van der Waals surface area contributed by atoms with E-state index in [9.17, 15) is 0 Å². The SMILES string of the molecule is CC(Cc1ccccc1)NCCCCCCCCNC(C)Cc1ccccc1. The molecule has 0 saturated carbocycles. The molecule has 0 aliphatic carbocycles. The molecule has 2 N–H and O–H groups in total. The van der Waals surface area contributed by atoms with Crippen molar-refractivity contribution in [3.05, 3.63) is 71.8 Å². The minimum absolute atomic E-state index is 0.561. The van der Waals surface area contributed by atoms with Crippen LogP contribution in [0.1, 0.15) is 63.5 Å². The van der Waals surface area contributed by atoms with Crippen molar-refractivity contribution in [2.75, 3.05) is 13.1 Å². The third kappa shape index (κ3) is 10.6. The maximum atomic E-state index is 3.66. The molecule has 154 valence electrons. The van der Waals surface area contributed by atoms with Crippen molar-refractivity contribution in [3.63, 3.8) is 0 Å². The molecule has 2 unspecified atom stereocenters. The Hall–Kier alpha value is -1.64. The van der Waals surface area contributed by atoms with Crippen LogP contribution < -0.4 is 10.6 Å². The standard InChI is InChI=1S/C26H40N2/c1-23(21-25-15-9-7-10-16-25)27-19-13-5-3-4-6-14-20-28-24(2)22-26-17-11-8-12-18-26/h7-12,15-18,23-24,27-28H,3-6,13-14,19-22H2,1-2H3. The van der Waals surface area contributed by atoms with Gasteiger partial charge in [-0.15, -0.1) is 0 Å². The summed E-state index contributed by atoms with van der Waals surface area (Å²) in [6, 6.07) is 22.7. The van der Waals surface area contributed by atoms with Gasteiger partial charge in [-0.1, -0.05) is 86.3 Å². The van der Waals surface area contributed by atoms with Crippen LogP contribution in [0.3, 0.4) is 0 Å². The van der Waals surface area contributed by atoms with Gasteiger partial charge in [0.2, 0.25) is 0 Å². The number of benzene rings is 2. The molecule has 0 heterocycles. The first-order valence-electron chi connectivity index (χ1n) is 11.3. The van der Waals surface area contributed by atoms with Gasteiger partial charge in [0.15, 0.2) is 0 Å². The summed E-state index contributed by atoms with van der Waals surface area (Å²) >= 11 is 0. The highest BCUT2D eigenvalue weighted by Gasteiger charge is 2.03. The Morgan fingerprint density at radius 1 is 0.536 bits per heavy atom. The summed E-state index contributed by atoms with van der Waals surface area (Å²) < 4.78 is 0. The van der Waals surface area contributed by atoms with Gasteiger partial charge in [-0.3, -0.25) is 0 Å². The molecular formula is C26H40N2. The summed E-state index contributed by atoms with van der Waals surface area (Å²) in [4.78, 5) is 0. The molecule has 0 saturated heterocycles. The zero-order valence-electron chi connectivity index (χ0n) is 18.0. The van der Waals surface area contributed by atoms with Crippen molar-refractivity contribution >= 4 is 0 Å². The fraction of sp³-hybridized carbons (Fsp3) is 0.538. The van der Waals surface area contributed by atoms with Gasteiger partial charge in [0.1, 0.15) is 0 Å². The zero-order valence-corrected chi connectivity index (χ0v) is 18.0. The summed E-state index contributed by atoms with van der Waals surface area (Å²) in [6.45, 7) is 6.87. The molecule has 2 nitrogen and oxygen atoms in total. The van der Waals surface area contributed by atoms with Gasteiger partial charge in [-0.2, -0.15) is 0 Å². The molecule has 0 bridgehead atoms. The predicted octanol–water partition coefficient (Wildman–Crippen LogP) is 5.77. The molecule has 0 aliphatic rings. The molecule has 0 radical (unpaired) electrons. The molecule has 0 spiro atoms. The van der Waals surface area contributed by atoms with Gasteiger partial charge in [-0.05, 0) is 63.7 Å². The Kier molecular flexibility index (Phi) is 11.6. The lowest BCUT2D eigenvalue weighted by Crippen LogP contribution is -2.29. The predicted molar refractivity (Wildman–Crippen MR) is 123 cm³/mol. The summed E-state index contributed by atoms with van der Waals surface area (Å²) in [7, 11) is 0. The second kappa shape index (κ2) is 14.4. The maximum Gasteiger partial charge on any atom is 0.00791 e. The fourth-order valence-corrected chi connectivity index (χ4v) is 3.73. The van der Waals surface area contributed by atoms with E-state index >= 15 is 0 Å². The van der Waals surface area contributed by atoms with Gasteiger partial charge >= 0.3 is 0 Å². The van der Waals surface area contributed by atoms with Crippen LogP contribution in [0.25, 0.3) is 0 Å². The third-order valence-corrected chi connectivity index (χ3v) is 5.36. The summed E-state index contributed by atoms with van der Waals surface area (Å²) in [5, 5.41) is 7.33. The van der Waals surface area contributed by atoms with Gasteiger partial charge in [0.05, 0.1) is 0 Å². The minimum atomic E-state index is 0.561. The van der Waals surface area contributed by atoms with Gasteiger partial charge in [0, 0.05) is 12.1 Å². The Balaban J connectivity index is 1.37. The number of hydrogen-bond donors (Lipinski definition) is 2. The van der Waals surface area contributed by atoms with Crippen molar-refractivity contribution in [1.29, 1.82) is 0 Å². The van der Waals surface area contributed by atoms with E-state index < -0.39 is 0 Å². The molecular weight excluding hydrogens is 340 g/mol. The average Bonchev–Trinajstić information content (AvgIpc) is 2.71. The van der Waals surface area contributed by atoms with E-state index in [1.54, 1.807) is 0 Å². The van der Waals surface area contributed by atoms with Crippen LogP contribution in [0, 0.1) is 0 Å². The monoisotopic (exact) mass is 380 g/mol. The Labute approximate surface area is 173 Å². The summed E-state index contributed by atoms with van der Waals surface area (Å²) in [5.41, 5.74) is 2.85. The van der Waals surface area contributed by atoms with Crippen LogP contribution in [-0.2, 0) is 12.8 Å². The number of nitrogens with one attached hydrogen (secondary N) is 2. The van der Waals surface area contributed by atoms with Crippen LogP contribution in [0.5, 0.6) is 0 Å². The lowest BCUT2D eigenvalue weighted by Gasteiger charge is -2.14. The fourth-order valence-electron chi connectivity index (χ4n) is 3.73. The van der Waals surface area contributed by atoms with E-state index in [-0.39, 0.29) is 0 Å². The molecule has 0 amide bonds. The number of hydrogen-bond acceptors (Lipinski definition) is 2. The molecule has 0 aliphatic heterocycles. The quantitative estimate of drug-likeness (QED) is 0.383. The van der Waals surface area contributed by atoms with Gasteiger partial charge in [-0.25, -0.2) is 0 Å². The smallest absolute Gasteiger partial charge is 0.00791 e. The van der Waals surface area contributed by atoms with Crippen LogP contribution in [0.2, 0.25) is 0 Å². The number of unbranched alkanes of at least 4 members (excludes halogenated alkanes) is 5. The first-order valence-corrected chi connectivity index (χ1v) is 11.3. The van der Waals surface area contributed by atoms with Crippen LogP contribution in [0.15, 0.2) is 60.7 Å². The third-order valence-electron chi connectivity index (χ3n) is 5.36. The van der Waals surface area contributed by atoms with Crippen LogP contribution in [-0.4, -0.2) is 25.2 Å². The van der Waals surface area contributed by atoms with E-state index in [1.165, 1.54) is 49.7 Å². The van der Waals surface area contributed by atoms with E-state index in [1.807, 2.05) is 0 Å². The molecule has 2 aromatic rings. The van der Waals surface area contributed by atoms with Crippen molar-refractivity contribution in [2.45, 2.75) is 77.3 Å². The Morgan fingerprint density at radius 3 is 1.29 bits per heavy atom. The highest BCUT2D eigenvalue weighted by atomic mass is 14.9. The van der Waals surface area contributed by atoms with Crippen LogP contribution in [0.4, 0.5) is 0 Å². The zero-order chi connectivity index (χ0) is 19.9. The number of rotatable bonds is 15. The van der Waals surface area contributed by atoms with E-state index in [4.69, 9.17) is 0 Å². The van der Waals surface area contributed by atoms with Crippen molar-refractivity contribution < 1.29 is 0 Å². The lowest BCUT2D eigenvalue weighted by atomic mass is 10.1. The molecule has 0 aromatic heterocycles. The van der Waals surface area contributed by atoms with Crippen molar-refractivity contribution in [3.8, 4) is 0 Å². The normalized spacial score (nSPS) is 13.4. The maximum absolute atomic E-state index is 3.66.